The number of benzene rings is 2. The van der Waals surface area contributed by atoms with E-state index in [4.69, 9.17) is 14.2 Å². The number of methoxy groups -OCH3 is 1. The maximum Gasteiger partial charge on any atom is 0.253 e. The summed E-state index contributed by atoms with van der Waals surface area (Å²) in [4.78, 5) is 28.0. The van der Waals surface area contributed by atoms with Gasteiger partial charge in [-0.15, -0.1) is 0 Å². The summed E-state index contributed by atoms with van der Waals surface area (Å²) >= 11 is 0. The van der Waals surface area contributed by atoms with Gasteiger partial charge in [-0.25, -0.2) is 12.7 Å². The van der Waals surface area contributed by atoms with Crippen molar-refractivity contribution in [3.8, 4) is 11.5 Å². The van der Waals surface area contributed by atoms with Gasteiger partial charge in [-0.1, -0.05) is 32.0 Å². The number of carbonyl (C=O) groups is 2. The normalized spacial score (nSPS) is 27.8. The van der Waals surface area contributed by atoms with Crippen LogP contribution in [0.4, 0.5) is 0 Å². The minimum Gasteiger partial charge on any atom is -0.487 e. The fourth-order valence-electron chi connectivity index (χ4n) is 8.73. The Bertz CT molecular complexity index is 1630. The number of ether oxygens (including phenoxy) is 3. The van der Waals surface area contributed by atoms with Crippen molar-refractivity contribution in [3.63, 3.8) is 0 Å². The molecule has 2 aromatic rings. The molecule has 1 saturated heterocycles. The zero-order valence-electron chi connectivity index (χ0n) is 28.2. The summed E-state index contributed by atoms with van der Waals surface area (Å²) in [6, 6.07) is 13.5. The molecule has 6 rings (SSSR count). The molecule has 1 N–H and O–H groups in total. The van der Waals surface area contributed by atoms with Gasteiger partial charge >= 0.3 is 0 Å². The summed E-state index contributed by atoms with van der Waals surface area (Å²) in [6.45, 7) is 9.52. The SMILES string of the molecule is CCN(CC)C(=O)c1ccc([C@@H]2CC3(CCN(S(=O)(=O)C[C@]45CC[C@](O)(CC4=O)C5(C)C)CC3)Oc3cccc(OCOC)c32)cc1. The van der Waals surface area contributed by atoms with Gasteiger partial charge in [-0.05, 0) is 62.9 Å². The van der Waals surface area contributed by atoms with Crippen LogP contribution in [-0.2, 0) is 19.6 Å². The van der Waals surface area contributed by atoms with E-state index in [1.54, 1.807) is 12.0 Å². The van der Waals surface area contributed by atoms with E-state index in [-0.39, 0.29) is 49.7 Å². The number of hydrogen-bond acceptors (Lipinski definition) is 8. The van der Waals surface area contributed by atoms with Crippen LogP contribution >= 0.6 is 0 Å². The predicted octanol–water partition coefficient (Wildman–Crippen LogP) is 4.74. The lowest BCUT2D eigenvalue weighted by Crippen LogP contribution is -2.54. The molecule has 2 bridgehead atoms. The molecular weight excluding hydrogens is 620 g/mol. The Hall–Kier alpha value is -2.99. The van der Waals surface area contributed by atoms with Crippen LogP contribution in [0.3, 0.4) is 0 Å². The third-order valence-corrected chi connectivity index (χ3v) is 14.0. The van der Waals surface area contributed by atoms with E-state index in [0.29, 0.717) is 62.3 Å². The molecule has 2 aliphatic heterocycles. The molecule has 1 spiro atoms. The summed E-state index contributed by atoms with van der Waals surface area (Å²) in [5.41, 5.74) is -1.09. The maximum absolute atomic E-state index is 13.9. The molecule has 2 aromatic carbocycles. The highest BCUT2D eigenvalue weighted by Gasteiger charge is 2.72. The molecular formula is C36H48N2O8S. The Kier molecular flexibility index (Phi) is 8.77. The van der Waals surface area contributed by atoms with E-state index < -0.39 is 32.1 Å². The first-order valence-corrected chi connectivity index (χ1v) is 18.4. The van der Waals surface area contributed by atoms with Gasteiger partial charge in [0.2, 0.25) is 10.0 Å². The van der Waals surface area contributed by atoms with E-state index in [1.807, 2.05) is 70.2 Å². The first kappa shape index (κ1) is 33.9. The number of carbonyl (C=O) groups excluding carboxylic acids is 2. The average Bonchev–Trinajstić information content (AvgIpc) is 3.32. The van der Waals surface area contributed by atoms with Crippen molar-refractivity contribution in [1.82, 2.24) is 9.21 Å². The highest BCUT2D eigenvalue weighted by atomic mass is 32.2. The molecule has 10 nitrogen and oxygen atoms in total. The largest absolute Gasteiger partial charge is 0.487 e. The fourth-order valence-corrected chi connectivity index (χ4v) is 10.9. The summed E-state index contributed by atoms with van der Waals surface area (Å²) in [7, 11) is -2.22. The summed E-state index contributed by atoms with van der Waals surface area (Å²) in [5.74, 6) is 0.808. The summed E-state index contributed by atoms with van der Waals surface area (Å²) in [6.07, 6.45) is 2.43. The minimum atomic E-state index is -3.79. The number of fused-ring (bicyclic) bond motifs is 3. The molecule has 1 amide bonds. The molecule has 0 aromatic heterocycles. The van der Waals surface area contributed by atoms with Gasteiger partial charge < -0.3 is 24.2 Å². The molecule has 2 heterocycles. The van der Waals surface area contributed by atoms with Crippen LogP contribution in [0.5, 0.6) is 11.5 Å². The Morgan fingerprint density at radius 3 is 2.30 bits per heavy atom. The topological polar surface area (TPSA) is 123 Å². The number of sulfonamides is 1. The molecule has 3 atom stereocenters. The van der Waals surface area contributed by atoms with Gasteiger partial charge in [-0.2, -0.15) is 0 Å². The van der Waals surface area contributed by atoms with Crippen LogP contribution in [0.25, 0.3) is 0 Å². The van der Waals surface area contributed by atoms with Gasteiger partial charge in [0, 0.05) is 75.0 Å². The maximum atomic E-state index is 13.9. The third kappa shape index (κ3) is 5.47. The standard InChI is InChI=1S/C36H48N2O8S/c1-6-37(7-2)32(40)26-13-11-25(12-14-26)27-21-34(46-29-10-8-9-28(31(27)29)45-24-44-5)17-19-38(20-18-34)47(42,43)23-35-15-16-36(41,22-30(35)39)33(35,3)4/h8-14,27,41H,6-7,15-24H2,1-5H3/t27-,35+,36-/m0/s1. The molecule has 0 unspecified atom stereocenters. The number of amides is 1. The molecule has 2 saturated carbocycles. The average molecular weight is 669 g/mol. The van der Waals surface area contributed by atoms with Crippen molar-refractivity contribution in [2.45, 2.75) is 83.3 Å². The second-order valence-corrected chi connectivity index (χ2v) is 16.3. The van der Waals surface area contributed by atoms with Crippen LogP contribution < -0.4 is 9.47 Å². The first-order valence-electron chi connectivity index (χ1n) is 16.8. The lowest BCUT2D eigenvalue weighted by molar-refractivity contribution is -0.128. The van der Waals surface area contributed by atoms with Crippen LogP contribution in [-0.4, -0.2) is 91.5 Å². The monoisotopic (exact) mass is 668 g/mol. The van der Waals surface area contributed by atoms with E-state index in [9.17, 15) is 23.1 Å². The number of aliphatic hydroxyl groups is 1. The quantitative estimate of drug-likeness (QED) is 0.361. The van der Waals surface area contributed by atoms with E-state index in [0.717, 1.165) is 11.1 Å². The Balaban J connectivity index is 1.26. The molecule has 0 radical (unpaired) electrons. The lowest BCUT2D eigenvalue weighted by Gasteiger charge is -2.47. The Labute approximate surface area is 278 Å². The van der Waals surface area contributed by atoms with Gasteiger partial charge in [0.15, 0.2) is 6.79 Å². The predicted molar refractivity (Wildman–Crippen MR) is 177 cm³/mol. The van der Waals surface area contributed by atoms with Crippen molar-refractivity contribution < 1.29 is 37.3 Å². The van der Waals surface area contributed by atoms with E-state index in [1.165, 1.54) is 4.31 Å². The smallest absolute Gasteiger partial charge is 0.253 e. The second-order valence-electron chi connectivity index (χ2n) is 14.4. The van der Waals surface area contributed by atoms with Gasteiger partial charge in [0.25, 0.3) is 5.91 Å². The van der Waals surface area contributed by atoms with Crippen molar-refractivity contribution >= 4 is 21.7 Å². The zero-order chi connectivity index (χ0) is 33.8. The molecule has 47 heavy (non-hydrogen) atoms. The van der Waals surface area contributed by atoms with Crippen LogP contribution in [0, 0.1) is 10.8 Å². The summed E-state index contributed by atoms with van der Waals surface area (Å²) < 4.78 is 47.3. The highest BCUT2D eigenvalue weighted by Crippen LogP contribution is 2.66. The molecule has 2 aliphatic carbocycles. The number of nitrogens with zero attached hydrogens (tertiary/aromatic N) is 2. The molecule has 3 fully saturated rings. The fraction of sp³-hybridized carbons (Fsp3) is 0.611. The lowest BCUT2D eigenvalue weighted by atomic mass is 9.69. The first-order chi connectivity index (χ1) is 22.3. The van der Waals surface area contributed by atoms with E-state index in [2.05, 4.69) is 0 Å². The van der Waals surface area contributed by atoms with Crippen LogP contribution in [0.15, 0.2) is 42.5 Å². The van der Waals surface area contributed by atoms with Crippen molar-refractivity contribution in [2.75, 3.05) is 45.8 Å². The van der Waals surface area contributed by atoms with E-state index >= 15 is 0 Å². The molecule has 4 aliphatic rings. The Morgan fingerprint density at radius 1 is 1.04 bits per heavy atom. The van der Waals surface area contributed by atoms with Crippen molar-refractivity contribution in [2.24, 2.45) is 10.8 Å². The highest BCUT2D eigenvalue weighted by molar-refractivity contribution is 7.89. The number of Topliss-reactive ketones (excluding diaryl/α,β-unsaturated/α-hetero) is 1. The number of ketones is 1. The van der Waals surface area contributed by atoms with Gasteiger partial charge in [0.1, 0.15) is 22.9 Å². The van der Waals surface area contributed by atoms with Crippen LogP contribution in [0.2, 0.25) is 0 Å². The van der Waals surface area contributed by atoms with Crippen molar-refractivity contribution in [1.29, 1.82) is 0 Å². The third-order valence-electron chi connectivity index (χ3n) is 12.0. The number of hydrogen-bond donors (Lipinski definition) is 1. The molecule has 256 valence electrons. The molecule has 11 heteroatoms. The summed E-state index contributed by atoms with van der Waals surface area (Å²) in [5, 5.41) is 11.2. The number of piperidine rings is 1. The van der Waals surface area contributed by atoms with Crippen LogP contribution in [0.1, 0.15) is 93.6 Å². The van der Waals surface area contributed by atoms with Crippen molar-refractivity contribution in [3.05, 3.63) is 59.2 Å². The zero-order valence-corrected chi connectivity index (χ0v) is 29.0. The number of rotatable bonds is 10. The minimum absolute atomic E-state index is 0.00684. The Morgan fingerprint density at radius 2 is 1.72 bits per heavy atom. The van der Waals surface area contributed by atoms with Gasteiger partial charge in [0.05, 0.1) is 16.8 Å². The van der Waals surface area contributed by atoms with Gasteiger partial charge in [-0.3, -0.25) is 9.59 Å². The second kappa shape index (κ2) is 12.2.